The first kappa shape index (κ1) is 12.3. The zero-order chi connectivity index (χ0) is 13.7. The molecule has 2 heterocycles. The van der Waals surface area contributed by atoms with Gasteiger partial charge in [0.25, 0.3) is 5.56 Å². The van der Waals surface area contributed by atoms with E-state index in [1.807, 2.05) is 0 Å². The second-order valence-electron chi connectivity index (χ2n) is 4.98. The van der Waals surface area contributed by atoms with Crippen LogP contribution in [-0.4, -0.2) is 19.1 Å². The van der Waals surface area contributed by atoms with Crippen molar-refractivity contribution in [3.8, 4) is 0 Å². The standard InChI is InChI=1S/C12H14N4O2S/c1-15-9-7(11(17)16(2)12(15)18)10(19)14-8(13-9)6-4-3-5-6/h6H,3-5H2,1-2H3,(H,13,14,19). The van der Waals surface area contributed by atoms with E-state index in [9.17, 15) is 9.59 Å². The van der Waals surface area contributed by atoms with Gasteiger partial charge in [0.05, 0.1) is 0 Å². The average Bonchev–Trinajstić information content (AvgIpc) is 2.31. The summed E-state index contributed by atoms with van der Waals surface area (Å²) >= 11 is 5.22. The maximum atomic E-state index is 12.1. The van der Waals surface area contributed by atoms with Gasteiger partial charge in [-0.3, -0.25) is 13.9 Å². The van der Waals surface area contributed by atoms with E-state index in [1.54, 1.807) is 7.05 Å². The molecule has 1 N–H and O–H groups in total. The summed E-state index contributed by atoms with van der Waals surface area (Å²) in [7, 11) is 3.07. The van der Waals surface area contributed by atoms with E-state index in [4.69, 9.17) is 12.2 Å². The topological polar surface area (TPSA) is 72.7 Å². The van der Waals surface area contributed by atoms with Crippen molar-refractivity contribution in [1.82, 2.24) is 19.1 Å². The van der Waals surface area contributed by atoms with Crippen LogP contribution in [0.4, 0.5) is 0 Å². The Morgan fingerprint density at radius 3 is 2.53 bits per heavy atom. The molecule has 0 aliphatic heterocycles. The summed E-state index contributed by atoms with van der Waals surface area (Å²) in [5.41, 5.74) is -0.295. The van der Waals surface area contributed by atoms with Crippen molar-refractivity contribution in [2.45, 2.75) is 25.2 Å². The number of nitrogens with zero attached hydrogens (tertiary/aromatic N) is 3. The van der Waals surface area contributed by atoms with E-state index >= 15 is 0 Å². The number of H-pyrrole nitrogens is 1. The van der Waals surface area contributed by atoms with Crippen LogP contribution in [0.3, 0.4) is 0 Å². The van der Waals surface area contributed by atoms with E-state index in [-0.39, 0.29) is 10.3 Å². The van der Waals surface area contributed by atoms with Crippen LogP contribution in [0.25, 0.3) is 11.0 Å². The molecule has 0 radical (unpaired) electrons. The molecule has 1 saturated carbocycles. The molecule has 0 amide bonds. The molecule has 1 aliphatic carbocycles. The molecule has 19 heavy (non-hydrogen) atoms. The molecule has 0 aromatic carbocycles. The fraction of sp³-hybridized carbons (Fsp3) is 0.500. The first-order valence-corrected chi connectivity index (χ1v) is 6.61. The van der Waals surface area contributed by atoms with Crippen LogP contribution in [-0.2, 0) is 14.1 Å². The third-order valence-electron chi connectivity index (χ3n) is 3.84. The second-order valence-corrected chi connectivity index (χ2v) is 5.37. The molecule has 3 rings (SSSR count). The molecule has 0 unspecified atom stereocenters. The Morgan fingerprint density at radius 1 is 1.26 bits per heavy atom. The maximum Gasteiger partial charge on any atom is 0.332 e. The summed E-state index contributed by atoms with van der Waals surface area (Å²) in [6, 6.07) is 0. The highest BCUT2D eigenvalue weighted by atomic mass is 32.1. The van der Waals surface area contributed by atoms with Gasteiger partial charge in [-0.25, -0.2) is 9.78 Å². The van der Waals surface area contributed by atoms with Gasteiger partial charge in [-0.15, -0.1) is 0 Å². The highest BCUT2D eigenvalue weighted by molar-refractivity contribution is 7.71. The van der Waals surface area contributed by atoms with Gasteiger partial charge in [0.1, 0.15) is 21.5 Å². The lowest BCUT2D eigenvalue weighted by Crippen LogP contribution is -2.37. The van der Waals surface area contributed by atoms with E-state index in [2.05, 4.69) is 9.97 Å². The fourth-order valence-corrected chi connectivity index (χ4v) is 2.66. The third kappa shape index (κ3) is 1.68. The van der Waals surface area contributed by atoms with Crippen molar-refractivity contribution in [3.63, 3.8) is 0 Å². The predicted octanol–water partition coefficient (Wildman–Crippen LogP) is 0.957. The Bertz CT molecular complexity index is 842. The van der Waals surface area contributed by atoms with E-state index in [0.29, 0.717) is 17.0 Å². The smallest absolute Gasteiger partial charge is 0.329 e. The van der Waals surface area contributed by atoms with Gasteiger partial charge in [-0.2, -0.15) is 0 Å². The maximum absolute atomic E-state index is 12.1. The summed E-state index contributed by atoms with van der Waals surface area (Å²) in [6.45, 7) is 0. The molecule has 100 valence electrons. The zero-order valence-corrected chi connectivity index (χ0v) is 11.6. The molecule has 0 saturated heterocycles. The number of aromatic nitrogens is 4. The summed E-state index contributed by atoms with van der Waals surface area (Å²) in [5, 5.41) is 0.308. The fourth-order valence-electron chi connectivity index (χ4n) is 2.37. The molecule has 1 aliphatic rings. The molecule has 0 spiro atoms. The molecule has 2 aromatic heterocycles. The minimum absolute atomic E-state index is 0.270. The van der Waals surface area contributed by atoms with Crippen LogP contribution in [0.2, 0.25) is 0 Å². The zero-order valence-electron chi connectivity index (χ0n) is 10.8. The number of rotatable bonds is 1. The molecule has 0 bridgehead atoms. The second kappa shape index (κ2) is 4.12. The van der Waals surface area contributed by atoms with Crippen LogP contribution in [0.15, 0.2) is 9.59 Å². The number of hydrogen-bond acceptors (Lipinski definition) is 4. The van der Waals surface area contributed by atoms with E-state index < -0.39 is 5.56 Å². The number of hydrogen-bond donors (Lipinski definition) is 1. The number of aromatic amines is 1. The van der Waals surface area contributed by atoms with Crippen LogP contribution in [0.1, 0.15) is 31.0 Å². The minimum atomic E-state index is -0.396. The largest absolute Gasteiger partial charge is 0.332 e. The van der Waals surface area contributed by atoms with Gasteiger partial charge >= 0.3 is 5.69 Å². The van der Waals surface area contributed by atoms with Gasteiger partial charge in [0.2, 0.25) is 0 Å². The molecule has 0 atom stereocenters. The van der Waals surface area contributed by atoms with E-state index in [0.717, 1.165) is 23.2 Å². The Morgan fingerprint density at radius 2 is 1.95 bits per heavy atom. The molecule has 6 nitrogen and oxygen atoms in total. The van der Waals surface area contributed by atoms with E-state index in [1.165, 1.54) is 18.0 Å². The quantitative estimate of drug-likeness (QED) is 0.789. The SMILES string of the molecule is Cn1c(=O)c2c(=S)nc(C3CCC3)[nH]c2n(C)c1=O. The van der Waals surface area contributed by atoms with Crippen LogP contribution < -0.4 is 11.2 Å². The minimum Gasteiger partial charge on any atom is -0.329 e. The lowest BCUT2D eigenvalue weighted by molar-refractivity contribution is 0.401. The first-order valence-electron chi connectivity index (χ1n) is 6.20. The van der Waals surface area contributed by atoms with Crippen LogP contribution in [0.5, 0.6) is 0 Å². The van der Waals surface area contributed by atoms with Gasteiger partial charge in [0, 0.05) is 20.0 Å². The number of fused-ring (bicyclic) bond motifs is 1. The Kier molecular flexibility index (Phi) is 2.67. The lowest BCUT2D eigenvalue weighted by Gasteiger charge is -2.24. The van der Waals surface area contributed by atoms with Crippen molar-refractivity contribution < 1.29 is 0 Å². The summed E-state index contributed by atoms with van der Waals surface area (Å²) < 4.78 is 2.74. The predicted molar refractivity (Wildman–Crippen MR) is 74.0 cm³/mol. The first-order chi connectivity index (χ1) is 9.00. The normalized spacial score (nSPS) is 15.7. The Hall–Kier alpha value is -1.76. The van der Waals surface area contributed by atoms with Crippen LogP contribution >= 0.6 is 12.2 Å². The van der Waals surface area contributed by atoms with Gasteiger partial charge in [-0.05, 0) is 12.8 Å². The molecule has 7 heteroatoms. The van der Waals surface area contributed by atoms with Crippen molar-refractivity contribution in [1.29, 1.82) is 0 Å². The molecule has 1 fully saturated rings. The summed E-state index contributed by atoms with van der Waals surface area (Å²) in [6.07, 6.45) is 3.33. The summed E-state index contributed by atoms with van der Waals surface area (Å²) in [5.74, 6) is 1.15. The molecular weight excluding hydrogens is 264 g/mol. The Labute approximate surface area is 113 Å². The molecule has 2 aromatic rings. The van der Waals surface area contributed by atoms with Crippen LogP contribution in [0, 0.1) is 4.64 Å². The average molecular weight is 278 g/mol. The van der Waals surface area contributed by atoms with Gasteiger partial charge in [-0.1, -0.05) is 18.6 Å². The van der Waals surface area contributed by atoms with Crippen molar-refractivity contribution in [2.24, 2.45) is 14.1 Å². The highest BCUT2D eigenvalue weighted by Crippen LogP contribution is 2.34. The monoisotopic (exact) mass is 278 g/mol. The highest BCUT2D eigenvalue weighted by Gasteiger charge is 2.23. The van der Waals surface area contributed by atoms with Crippen molar-refractivity contribution in [3.05, 3.63) is 31.3 Å². The van der Waals surface area contributed by atoms with Crippen molar-refractivity contribution in [2.75, 3.05) is 0 Å². The Balaban J connectivity index is 2.45. The number of nitrogens with one attached hydrogen (secondary N) is 1. The number of aryl methyl sites for hydroxylation is 1. The molecular formula is C12H14N4O2S. The third-order valence-corrected chi connectivity index (χ3v) is 4.13. The van der Waals surface area contributed by atoms with Gasteiger partial charge < -0.3 is 4.98 Å². The summed E-state index contributed by atoms with van der Waals surface area (Å²) in [4.78, 5) is 31.5. The lowest BCUT2D eigenvalue weighted by atomic mass is 9.85. The van der Waals surface area contributed by atoms with Gasteiger partial charge in [0.15, 0.2) is 0 Å². The van der Waals surface area contributed by atoms with Crippen molar-refractivity contribution >= 4 is 23.3 Å².